The molecule has 0 heterocycles. The van der Waals surface area contributed by atoms with Crippen molar-refractivity contribution in [1.29, 1.82) is 0 Å². The maximum atomic E-state index is 9.04. The van der Waals surface area contributed by atoms with E-state index in [1.165, 1.54) is 37.7 Å². The van der Waals surface area contributed by atoms with Crippen LogP contribution in [0, 0.1) is 0 Å². The summed E-state index contributed by atoms with van der Waals surface area (Å²) in [5.74, 6) is 0. The molecule has 1 N–H and O–H groups in total. The normalized spacial score (nSPS) is 12.1. The first-order valence-electron chi connectivity index (χ1n) is 5.63. The van der Waals surface area contributed by atoms with E-state index < -0.39 is 0 Å². The van der Waals surface area contributed by atoms with Gasteiger partial charge in [0.15, 0.2) is 0 Å². The molecule has 0 fully saturated rings. The monoisotopic (exact) mass is 184 g/mol. The lowest BCUT2D eigenvalue weighted by molar-refractivity contribution is 0.325. The Hall–Kier alpha value is -0.300. The molecular weight excluding hydrogens is 160 g/mol. The van der Waals surface area contributed by atoms with Crippen molar-refractivity contribution in [2.75, 3.05) is 6.61 Å². The van der Waals surface area contributed by atoms with Gasteiger partial charge in [-0.25, -0.2) is 0 Å². The maximum absolute atomic E-state index is 9.04. The van der Waals surface area contributed by atoms with Gasteiger partial charge in [-0.3, -0.25) is 0 Å². The van der Waals surface area contributed by atoms with Crippen LogP contribution < -0.4 is 0 Å². The third kappa shape index (κ3) is 8.04. The number of hydrogen-bond acceptors (Lipinski definition) is 1. The molecule has 0 rings (SSSR count). The van der Waals surface area contributed by atoms with Crippen molar-refractivity contribution in [3.8, 4) is 0 Å². The molecule has 0 atom stereocenters. The molecule has 1 nitrogen and oxygen atoms in total. The lowest BCUT2D eigenvalue weighted by Crippen LogP contribution is -1.90. The summed E-state index contributed by atoms with van der Waals surface area (Å²) in [5.41, 5.74) is 1.23. The SMILES string of the molecule is CCCCC/C=C(/CO)CCCC. The predicted octanol–water partition coefficient (Wildman–Crippen LogP) is 3.68. The van der Waals surface area contributed by atoms with Gasteiger partial charge in [0.1, 0.15) is 0 Å². The van der Waals surface area contributed by atoms with Gasteiger partial charge in [0.2, 0.25) is 0 Å². The Morgan fingerprint density at radius 1 is 1.08 bits per heavy atom. The van der Waals surface area contributed by atoms with Gasteiger partial charge in [-0.2, -0.15) is 0 Å². The van der Waals surface area contributed by atoms with Gasteiger partial charge in [0, 0.05) is 0 Å². The summed E-state index contributed by atoms with van der Waals surface area (Å²) in [5, 5.41) is 9.04. The molecule has 0 aromatic rings. The lowest BCUT2D eigenvalue weighted by Gasteiger charge is -2.02. The number of rotatable bonds is 8. The van der Waals surface area contributed by atoms with Gasteiger partial charge in [0.05, 0.1) is 6.61 Å². The van der Waals surface area contributed by atoms with Crippen LogP contribution in [-0.4, -0.2) is 11.7 Å². The summed E-state index contributed by atoms with van der Waals surface area (Å²) >= 11 is 0. The molecule has 0 unspecified atom stereocenters. The standard InChI is InChI=1S/C12H24O/c1-3-5-7-8-10-12(11-13)9-6-4-2/h10,13H,3-9,11H2,1-2H3/b12-10+. The maximum Gasteiger partial charge on any atom is 0.0641 e. The summed E-state index contributed by atoms with van der Waals surface area (Å²) in [6.07, 6.45) is 10.7. The molecule has 0 radical (unpaired) electrons. The van der Waals surface area contributed by atoms with Crippen LogP contribution in [0.3, 0.4) is 0 Å². The van der Waals surface area contributed by atoms with Crippen LogP contribution >= 0.6 is 0 Å². The molecule has 0 saturated carbocycles. The Kier molecular flexibility index (Phi) is 9.56. The van der Waals surface area contributed by atoms with Gasteiger partial charge in [0.25, 0.3) is 0 Å². The lowest BCUT2D eigenvalue weighted by atomic mass is 10.1. The molecule has 0 aliphatic rings. The minimum absolute atomic E-state index is 0.256. The summed E-state index contributed by atoms with van der Waals surface area (Å²) in [6, 6.07) is 0. The van der Waals surface area contributed by atoms with Crippen molar-refractivity contribution in [1.82, 2.24) is 0 Å². The van der Waals surface area contributed by atoms with E-state index >= 15 is 0 Å². The molecule has 0 amide bonds. The van der Waals surface area contributed by atoms with Gasteiger partial charge < -0.3 is 5.11 Å². The minimum Gasteiger partial charge on any atom is -0.392 e. The molecule has 0 aromatic heterocycles. The van der Waals surface area contributed by atoms with Gasteiger partial charge in [-0.05, 0) is 31.3 Å². The summed E-state index contributed by atoms with van der Waals surface area (Å²) in [6.45, 7) is 4.66. The molecule has 0 spiro atoms. The van der Waals surface area contributed by atoms with Crippen LogP contribution in [0.5, 0.6) is 0 Å². The number of allylic oxidation sites excluding steroid dienone is 1. The van der Waals surface area contributed by atoms with Gasteiger partial charge in [-0.1, -0.05) is 39.2 Å². The van der Waals surface area contributed by atoms with Crippen LogP contribution in [0.2, 0.25) is 0 Å². The summed E-state index contributed by atoms with van der Waals surface area (Å²) in [4.78, 5) is 0. The Morgan fingerprint density at radius 3 is 2.31 bits per heavy atom. The fourth-order valence-electron chi connectivity index (χ4n) is 1.35. The Labute approximate surface area is 82.9 Å². The van der Waals surface area contributed by atoms with E-state index in [0.717, 1.165) is 12.8 Å². The van der Waals surface area contributed by atoms with Crippen LogP contribution in [0.25, 0.3) is 0 Å². The topological polar surface area (TPSA) is 20.2 Å². The number of aliphatic hydroxyl groups excluding tert-OH is 1. The second-order valence-electron chi connectivity index (χ2n) is 3.62. The highest BCUT2D eigenvalue weighted by Gasteiger charge is 1.94. The molecule has 0 aliphatic carbocycles. The van der Waals surface area contributed by atoms with Crippen molar-refractivity contribution < 1.29 is 5.11 Å². The first-order valence-corrected chi connectivity index (χ1v) is 5.63. The molecule has 0 bridgehead atoms. The van der Waals surface area contributed by atoms with E-state index in [0.29, 0.717) is 0 Å². The quantitative estimate of drug-likeness (QED) is 0.451. The smallest absolute Gasteiger partial charge is 0.0641 e. The van der Waals surface area contributed by atoms with Crippen LogP contribution in [-0.2, 0) is 0 Å². The predicted molar refractivity (Wildman–Crippen MR) is 58.8 cm³/mol. The third-order valence-corrected chi connectivity index (χ3v) is 2.30. The average Bonchev–Trinajstić information content (AvgIpc) is 2.17. The summed E-state index contributed by atoms with van der Waals surface area (Å²) < 4.78 is 0. The fourth-order valence-corrected chi connectivity index (χ4v) is 1.35. The van der Waals surface area contributed by atoms with Gasteiger partial charge >= 0.3 is 0 Å². The zero-order chi connectivity index (χ0) is 9.94. The number of hydrogen-bond donors (Lipinski definition) is 1. The van der Waals surface area contributed by atoms with Crippen molar-refractivity contribution in [2.24, 2.45) is 0 Å². The van der Waals surface area contributed by atoms with Crippen molar-refractivity contribution in [2.45, 2.75) is 58.8 Å². The zero-order valence-electron chi connectivity index (χ0n) is 9.18. The van der Waals surface area contributed by atoms with E-state index in [4.69, 9.17) is 5.11 Å². The second-order valence-corrected chi connectivity index (χ2v) is 3.62. The molecule has 1 heteroatoms. The Morgan fingerprint density at radius 2 is 1.77 bits per heavy atom. The van der Waals surface area contributed by atoms with E-state index in [9.17, 15) is 0 Å². The van der Waals surface area contributed by atoms with E-state index in [1.807, 2.05) is 0 Å². The van der Waals surface area contributed by atoms with E-state index in [2.05, 4.69) is 19.9 Å². The Bertz CT molecular complexity index is 127. The average molecular weight is 184 g/mol. The van der Waals surface area contributed by atoms with Crippen LogP contribution in [0.1, 0.15) is 58.8 Å². The van der Waals surface area contributed by atoms with Gasteiger partial charge in [-0.15, -0.1) is 0 Å². The first kappa shape index (κ1) is 12.7. The molecule has 0 aliphatic heterocycles. The van der Waals surface area contributed by atoms with Crippen molar-refractivity contribution >= 4 is 0 Å². The highest BCUT2D eigenvalue weighted by molar-refractivity contribution is 5.01. The molecule has 0 aromatic carbocycles. The van der Waals surface area contributed by atoms with Crippen LogP contribution in [0.15, 0.2) is 11.6 Å². The molecular formula is C12H24O. The first-order chi connectivity index (χ1) is 6.35. The van der Waals surface area contributed by atoms with E-state index in [1.54, 1.807) is 0 Å². The zero-order valence-corrected chi connectivity index (χ0v) is 9.18. The van der Waals surface area contributed by atoms with Crippen molar-refractivity contribution in [3.05, 3.63) is 11.6 Å². The van der Waals surface area contributed by atoms with E-state index in [-0.39, 0.29) is 6.61 Å². The highest BCUT2D eigenvalue weighted by Crippen LogP contribution is 2.09. The Balaban J connectivity index is 3.52. The molecule has 0 saturated heterocycles. The number of aliphatic hydroxyl groups is 1. The minimum atomic E-state index is 0.256. The largest absolute Gasteiger partial charge is 0.392 e. The second kappa shape index (κ2) is 9.79. The molecule has 13 heavy (non-hydrogen) atoms. The van der Waals surface area contributed by atoms with Crippen LogP contribution in [0.4, 0.5) is 0 Å². The highest BCUT2D eigenvalue weighted by atomic mass is 16.3. The third-order valence-electron chi connectivity index (χ3n) is 2.30. The number of unbranched alkanes of at least 4 members (excludes halogenated alkanes) is 4. The van der Waals surface area contributed by atoms with Crippen molar-refractivity contribution in [3.63, 3.8) is 0 Å². The summed E-state index contributed by atoms with van der Waals surface area (Å²) in [7, 11) is 0. The molecule has 78 valence electrons. The fraction of sp³-hybridized carbons (Fsp3) is 0.833.